The standard InChI is InChI=1S/C27H30N6O3/c1-28-26-30-20-16-22(36-3)21(35-2)15-19(20)24(31-26)27(11-5-4-6-12-27)32-25(34)18-9-10-23(29-17-18)33-13-7-8-14-33/h4-6,9-11,15-17H,7-8,12-14H2,1-3H3,(H,32,34)(H,28,30,31). The van der Waals surface area contributed by atoms with Gasteiger partial charge in [0.2, 0.25) is 5.95 Å². The van der Waals surface area contributed by atoms with Crippen molar-refractivity contribution in [1.29, 1.82) is 0 Å². The van der Waals surface area contributed by atoms with E-state index in [1.165, 1.54) is 12.8 Å². The summed E-state index contributed by atoms with van der Waals surface area (Å²) in [5, 5.41) is 7.04. The third-order valence-electron chi connectivity index (χ3n) is 6.69. The second-order valence-electron chi connectivity index (χ2n) is 8.89. The zero-order valence-corrected chi connectivity index (χ0v) is 20.7. The number of carbonyl (C=O) groups is 1. The van der Waals surface area contributed by atoms with Crippen molar-refractivity contribution in [2.75, 3.05) is 44.6 Å². The quantitative estimate of drug-likeness (QED) is 0.520. The molecule has 1 amide bonds. The van der Waals surface area contributed by atoms with Crippen LogP contribution >= 0.6 is 0 Å². The van der Waals surface area contributed by atoms with Crippen LogP contribution in [-0.4, -0.2) is 55.2 Å². The number of rotatable bonds is 7. The number of fused-ring (bicyclic) bond motifs is 1. The lowest BCUT2D eigenvalue weighted by Gasteiger charge is -2.33. The van der Waals surface area contributed by atoms with Crippen molar-refractivity contribution < 1.29 is 14.3 Å². The second kappa shape index (κ2) is 9.85. The van der Waals surface area contributed by atoms with Gasteiger partial charge in [-0.05, 0) is 37.5 Å². The van der Waals surface area contributed by atoms with E-state index in [4.69, 9.17) is 14.5 Å². The molecule has 0 bridgehead atoms. The average molecular weight is 487 g/mol. The molecule has 1 saturated heterocycles. The number of amides is 1. The molecule has 36 heavy (non-hydrogen) atoms. The molecule has 1 aliphatic heterocycles. The number of anilines is 2. The van der Waals surface area contributed by atoms with Gasteiger partial charge in [-0.2, -0.15) is 0 Å². The van der Waals surface area contributed by atoms with E-state index >= 15 is 0 Å². The van der Waals surface area contributed by atoms with Gasteiger partial charge in [0, 0.05) is 37.8 Å². The summed E-state index contributed by atoms with van der Waals surface area (Å²) in [6.07, 6.45) is 12.4. The van der Waals surface area contributed by atoms with Crippen LogP contribution in [0.4, 0.5) is 11.8 Å². The molecule has 5 rings (SSSR count). The summed E-state index contributed by atoms with van der Waals surface area (Å²) in [4.78, 5) is 29.8. The van der Waals surface area contributed by atoms with Gasteiger partial charge in [0.15, 0.2) is 11.5 Å². The molecule has 1 aliphatic carbocycles. The largest absolute Gasteiger partial charge is 0.493 e. The topological polar surface area (TPSA) is 102 Å². The number of methoxy groups -OCH3 is 2. The van der Waals surface area contributed by atoms with E-state index in [0.717, 1.165) is 24.3 Å². The molecule has 3 aromatic rings. The zero-order valence-electron chi connectivity index (χ0n) is 20.7. The lowest BCUT2D eigenvalue weighted by molar-refractivity contribution is 0.0914. The lowest BCUT2D eigenvalue weighted by atomic mass is 9.85. The van der Waals surface area contributed by atoms with Crippen LogP contribution in [0.25, 0.3) is 10.9 Å². The Kier molecular flexibility index (Phi) is 6.45. The molecule has 2 aliphatic rings. The van der Waals surface area contributed by atoms with Crippen LogP contribution in [0.5, 0.6) is 11.5 Å². The third kappa shape index (κ3) is 4.32. The summed E-state index contributed by atoms with van der Waals surface area (Å²) in [6, 6.07) is 7.42. The van der Waals surface area contributed by atoms with E-state index in [9.17, 15) is 4.79 Å². The SMILES string of the molecule is CNc1nc(C2(NC(=O)c3ccc(N4CCCC4)nc3)C=CC=CC2)c2cc(OC)c(OC)cc2n1. The summed E-state index contributed by atoms with van der Waals surface area (Å²) < 4.78 is 11.0. The zero-order chi connectivity index (χ0) is 25.1. The molecule has 9 nitrogen and oxygen atoms in total. The van der Waals surface area contributed by atoms with Gasteiger partial charge in [0.05, 0.1) is 31.0 Å². The van der Waals surface area contributed by atoms with Crippen LogP contribution in [0, 0.1) is 0 Å². The maximum Gasteiger partial charge on any atom is 0.253 e. The Morgan fingerprint density at radius 3 is 2.47 bits per heavy atom. The minimum Gasteiger partial charge on any atom is -0.493 e. The number of hydrogen-bond donors (Lipinski definition) is 2. The molecule has 9 heteroatoms. The Bertz CT molecular complexity index is 1330. The maximum absolute atomic E-state index is 13.5. The average Bonchev–Trinajstić information content (AvgIpc) is 3.47. The van der Waals surface area contributed by atoms with Gasteiger partial charge in [-0.3, -0.25) is 4.79 Å². The van der Waals surface area contributed by atoms with Crippen molar-refractivity contribution in [3.05, 3.63) is 66.0 Å². The van der Waals surface area contributed by atoms with Crippen LogP contribution in [-0.2, 0) is 5.54 Å². The van der Waals surface area contributed by atoms with Crippen LogP contribution in [0.1, 0.15) is 35.3 Å². The summed E-state index contributed by atoms with van der Waals surface area (Å²) >= 11 is 0. The van der Waals surface area contributed by atoms with Crippen LogP contribution in [0.2, 0.25) is 0 Å². The molecule has 1 fully saturated rings. The van der Waals surface area contributed by atoms with Crippen LogP contribution in [0.3, 0.4) is 0 Å². The molecule has 0 spiro atoms. The molecule has 1 atom stereocenters. The van der Waals surface area contributed by atoms with Crippen LogP contribution in [0.15, 0.2) is 54.8 Å². The molecule has 2 N–H and O–H groups in total. The molecule has 3 heterocycles. The maximum atomic E-state index is 13.5. The predicted octanol–water partition coefficient (Wildman–Crippen LogP) is 3.83. The van der Waals surface area contributed by atoms with E-state index in [2.05, 4.69) is 25.5 Å². The van der Waals surface area contributed by atoms with Gasteiger partial charge in [0.25, 0.3) is 5.91 Å². The fraction of sp³-hybridized carbons (Fsp3) is 0.333. The number of nitrogens with one attached hydrogen (secondary N) is 2. The van der Waals surface area contributed by atoms with Gasteiger partial charge in [-0.15, -0.1) is 0 Å². The number of nitrogens with zero attached hydrogens (tertiary/aromatic N) is 4. The molecular weight excluding hydrogens is 456 g/mol. The third-order valence-corrected chi connectivity index (χ3v) is 6.69. The Labute approximate surface area is 210 Å². The molecule has 186 valence electrons. The van der Waals surface area contributed by atoms with E-state index in [-0.39, 0.29) is 5.91 Å². The van der Waals surface area contributed by atoms with Crippen molar-refractivity contribution in [2.24, 2.45) is 0 Å². The summed E-state index contributed by atoms with van der Waals surface area (Å²) in [6.45, 7) is 2.00. The second-order valence-corrected chi connectivity index (χ2v) is 8.89. The number of aromatic nitrogens is 3. The van der Waals surface area contributed by atoms with Gasteiger partial charge in [-0.25, -0.2) is 15.0 Å². The van der Waals surface area contributed by atoms with Crippen LogP contribution < -0.4 is 25.0 Å². The van der Waals surface area contributed by atoms with Crippen molar-refractivity contribution in [1.82, 2.24) is 20.3 Å². The molecule has 0 radical (unpaired) electrons. The first-order chi connectivity index (χ1) is 17.6. The monoisotopic (exact) mass is 486 g/mol. The van der Waals surface area contributed by atoms with E-state index < -0.39 is 5.54 Å². The molecule has 2 aromatic heterocycles. The summed E-state index contributed by atoms with van der Waals surface area (Å²) in [5.41, 5.74) is 0.932. The van der Waals surface area contributed by atoms with Gasteiger partial charge < -0.3 is 25.0 Å². The molecule has 1 unspecified atom stereocenters. The first-order valence-electron chi connectivity index (χ1n) is 12.1. The van der Waals surface area contributed by atoms with Crippen molar-refractivity contribution in [3.63, 3.8) is 0 Å². The Morgan fingerprint density at radius 1 is 1.06 bits per heavy atom. The minimum absolute atomic E-state index is 0.228. The molecule has 0 saturated carbocycles. The Hall–Kier alpha value is -4.14. The lowest BCUT2D eigenvalue weighted by Crippen LogP contribution is -2.45. The highest BCUT2D eigenvalue weighted by Gasteiger charge is 2.36. The number of carbonyl (C=O) groups excluding carboxylic acids is 1. The van der Waals surface area contributed by atoms with E-state index in [0.29, 0.717) is 40.6 Å². The fourth-order valence-corrected chi connectivity index (χ4v) is 4.78. The Balaban J connectivity index is 1.56. The van der Waals surface area contributed by atoms with E-state index in [1.807, 2.05) is 48.6 Å². The first-order valence-corrected chi connectivity index (χ1v) is 12.1. The van der Waals surface area contributed by atoms with E-state index in [1.54, 1.807) is 27.5 Å². The summed E-state index contributed by atoms with van der Waals surface area (Å²) in [5.74, 6) is 2.25. The van der Waals surface area contributed by atoms with Gasteiger partial charge in [0.1, 0.15) is 11.4 Å². The number of hydrogen-bond acceptors (Lipinski definition) is 8. The highest BCUT2D eigenvalue weighted by Crippen LogP contribution is 2.39. The molecular formula is C27H30N6O3. The highest BCUT2D eigenvalue weighted by atomic mass is 16.5. The van der Waals surface area contributed by atoms with Gasteiger partial charge in [-0.1, -0.05) is 24.3 Å². The van der Waals surface area contributed by atoms with Crippen molar-refractivity contribution in [3.8, 4) is 11.5 Å². The number of ether oxygens (including phenoxy) is 2. The number of allylic oxidation sites excluding steroid dienone is 2. The molecule has 1 aromatic carbocycles. The smallest absolute Gasteiger partial charge is 0.253 e. The summed E-state index contributed by atoms with van der Waals surface area (Å²) in [7, 11) is 4.94. The van der Waals surface area contributed by atoms with Gasteiger partial charge >= 0.3 is 0 Å². The van der Waals surface area contributed by atoms with Crippen molar-refractivity contribution in [2.45, 2.75) is 24.8 Å². The highest BCUT2D eigenvalue weighted by molar-refractivity contribution is 5.96. The predicted molar refractivity (Wildman–Crippen MR) is 140 cm³/mol. The minimum atomic E-state index is -0.897. The number of benzene rings is 1. The van der Waals surface area contributed by atoms with Crippen molar-refractivity contribution >= 4 is 28.6 Å². The Morgan fingerprint density at radius 2 is 1.83 bits per heavy atom. The fourth-order valence-electron chi connectivity index (χ4n) is 4.78. The normalized spacial score (nSPS) is 18.9. The first kappa shape index (κ1) is 23.6. The number of pyridine rings is 1.